The van der Waals surface area contributed by atoms with Crippen molar-refractivity contribution < 1.29 is 14.3 Å². The Morgan fingerprint density at radius 2 is 2.21 bits per heavy atom. The van der Waals surface area contributed by atoms with E-state index in [1.165, 1.54) is 18.4 Å². The molecule has 2 N–H and O–H groups in total. The van der Waals surface area contributed by atoms with Gasteiger partial charge in [-0.15, -0.1) is 0 Å². The van der Waals surface area contributed by atoms with E-state index in [0.29, 0.717) is 5.76 Å². The summed E-state index contributed by atoms with van der Waals surface area (Å²) in [5, 5.41) is 12.2. The molecule has 2 aromatic rings. The second-order valence-corrected chi connectivity index (χ2v) is 4.48. The van der Waals surface area contributed by atoms with Crippen LogP contribution in [0.1, 0.15) is 22.3 Å². The van der Waals surface area contributed by atoms with Crippen molar-refractivity contribution in [1.29, 1.82) is 0 Å². The third-order valence-corrected chi connectivity index (χ3v) is 2.92. The molecule has 1 unspecified atom stereocenters. The number of halogens is 2. The fourth-order valence-corrected chi connectivity index (χ4v) is 1.84. The Morgan fingerprint density at radius 3 is 2.84 bits per heavy atom. The quantitative estimate of drug-likeness (QED) is 0.851. The summed E-state index contributed by atoms with van der Waals surface area (Å²) in [6.07, 6.45) is 1.45. The molecular formula is C12H10Cl2N2O3. The molecular weight excluding hydrogens is 291 g/mol. The van der Waals surface area contributed by atoms with Crippen LogP contribution in [-0.4, -0.2) is 22.6 Å². The lowest BCUT2D eigenvalue weighted by Gasteiger charge is -2.14. The molecule has 2 rings (SSSR count). The van der Waals surface area contributed by atoms with Crippen molar-refractivity contribution in [2.75, 3.05) is 6.61 Å². The van der Waals surface area contributed by atoms with Gasteiger partial charge in [-0.2, -0.15) is 0 Å². The van der Waals surface area contributed by atoms with Crippen LogP contribution in [0.15, 0.2) is 34.9 Å². The van der Waals surface area contributed by atoms with Gasteiger partial charge in [0, 0.05) is 0 Å². The molecule has 0 fully saturated rings. The van der Waals surface area contributed by atoms with Crippen molar-refractivity contribution in [1.82, 2.24) is 10.3 Å². The first-order valence-electron chi connectivity index (χ1n) is 5.39. The molecule has 0 aliphatic rings. The van der Waals surface area contributed by atoms with E-state index in [1.54, 1.807) is 12.1 Å². The van der Waals surface area contributed by atoms with E-state index in [-0.39, 0.29) is 22.5 Å². The SMILES string of the molecule is O=C(NC(CO)c1ccco1)c1nc(Cl)ccc1Cl. The Kier molecular flexibility index (Phi) is 4.42. The van der Waals surface area contributed by atoms with Crippen LogP contribution >= 0.6 is 23.2 Å². The van der Waals surface area contributed by atoms with E-state index in [0.717, 1.165) is 0 Å². The average Bonchev–Trinajstić information content (AvgIpc) is 2.92. The number of nitrogens with zero attached hydrogens (tertiary/aromatic N) is 1. The minimum atomic E-state index is -0.667. The summed E-state index contributed by atoms with van der Waals surface area (Å²) in [6.45, 7) is -0.308. The summed E-state index contributed by atoms with van der Waals surface area (Å²) in [5.74, 6) is -0.100. The Morgan fingerprint density at radius 1 is 1.42 bits per heavy atom. The largest absolute Gasteiger partial charge is 0.467 e. The number of hydrogen-bond acceptors (Lipinski definition) is 4. The number of carbonyl (C=O) groups excluding carboxylic acids is 1. The first-order chi connectivity index (χ1) is 9.11. The summed E-state index contributed by atoms with van der Waals surface area (Å²) in [6, 6.07) is 5.60. The number of amides is 1. The van der Waals surface area contributed by atoms with E-state index >= 15 is 0 Å². The lowest BCUT2D eigenvalue weighted by Crippen LogP contribution is -2.31. The van der Waals surface area contributed by atoms with Crippen LogP contribution in [0.3, 0.4) is 0 Å². The van der Waals surface area contributed by atoms with Gasteiger partial charge in [-0.05, 0) is 24.3 Å². The zero-order valence-corrected chi connectivity index (χ0v) is 11.1. The van der Waals surface area contributed by atoms with Gasteiger partial charge in [0.15, 0.2) is 0 Å². The van der Waals surface area contributed by atoms with E-state index < -0.39 is 11.9 Å². The van der Waals surface area contributed by atoms with Gasteiger partial charge >= 0.3 is 0 Å². The van der Waals surface area contributed by atoms with E-state index in [1.807, 2.05) is 0 Å². The van der Waals surface area contributed by atoms with Crippen LogP contribution in [-0.2, 0) is 0 Å². The molecule has 7 heteroatoms. The van der Waals surface area contributed by atoms with Crippen molar-refractivity contribution in [3.05, 3.63) is 52.2 Å². The number of aliphatic hydroxyl groups is 1. The van der Waals surface area contributed by atoms with Crippen LogP contribution in [0.25, 0.3) is 0 Å². The monoisotopic (exact) mass is 300 g/mol. The number of hydrogen-bond donors (Lipinski definition) is 2. The fraction of sp³-hybridized carbons (Fsp3) is 0.167. The smallest absolute Gasteiger partial charge is 0.272 e. The van der Waals surface area contributed by atoms with Gasteiger partial charge in [0.05, 0.1) is 17.9 Å². The fourth-order valence-electron chi connectivity index (χ4n) is 1.50. The highest BCUT2D eigenvalue weighted by atomic mass is 35.5. The Bertz CT molecular complexity index is 572. The summed E-state index contributed by atoms with van der Waals surface area (Å²) in [4.78, 5) is 15.9. The predicted molar refractivity (Wildman–Crippen MR) is 70.3 cm³/mol. The molecule has 2 heterocycles. The van der Waals surface area contributed by atoms with Gasteiger partial charge in [-0.25, -0.2) is 4.98 Å². The lowest BCUT2D eigenvalue weighted by molar-refractivity contribution is 0.0902. The maximum Gasteiger partial charge on any atom is 0.272 e. The van der Waals surface area contributed by atoms with Gasteiger partial charge < -0.3 is 14.8 Å². The molecule has 0 aromatic carbocycles. The van der Waals surface area contributed by atoms with Gasteiger partial charge in [0.2, 0.25) is 0 Å². The third-order valence-electron chi connectivity index (χ3n) is 2.40. The molecule has 19 heavy (non-hydrogen) atoms. The average molecular weight is 301 g/mol. The van der Waals surface area contributed by atoms with Crippen LogP contribution in [0.4, 0.5) is 0 Å². The third kappa shape index (κ3) is 3.26. The molecule has 0 spiro atoms. The Balaban J connectivity index is 2.18. The highest BCUT2D eigenvalue weighted by Gasteiger charge is 2.20. The Hall–Kier alpha value is -1.56. The molecule has 1 atom stereocenters. The maximum atomic E-state index is 12.0. The maximum absolute atomic E-state index is 12.0. The molecule has 1 amide bonds. The van der Waals surface area contributed by atoms with E-state index in [4.69, 9.17) is 27.6 Å². The number of furan rings is 1. The molecule has 0 bridgehead atoms. The van der Waals surface area contributed by atoms with Gasteiger partial charge in [0.1, 0.15) is 22.6 Å². The lowest BCUT2D eigenvalue weighted by atomic mass is 10.2. The van der Waals surface area contributed by atoms with Crippen molar-refractivity contribution in [3.63, 3.8) is 0 Å². The molecule has 0 saturated carbocycles. The first kappa shape index (κ1) is 13.9. The number of aliphatic hydroxyl groups excluding tert-OH is 1. The second kappa shape index (κ2) is 6.06. The van der Waals surface area contributed by atoms with Crippen molar-refractivity contribution in [3.8, 4) is 0 Å². The zero-order chi connectivity index (χ0) is 13.8. The molecule has 0 saturated heterocycles. The molecule has 0 aliphatic carbocycles. The first-order valence-corrected chi connectivity index (χ1v) is 6.14. The Labute approximate surface area is 119 Å². The van der Waals surface area contributed by atoms with Crippen molar-refractivity contribution in [2.45, 2.75) is 6.04 Å². The van der Waals surface area contributed by atoms with Crippen LogP contribution in [0.5, 0.6) is 0 Å². The van der Waals surface area contributed by atoms with E-state index in [9.17, 15) is 9.90 Å². The molecule has 100 valence electrons. The summed E-state index contributed by atoms with van der Waals surface area (Å²) in [5.41, 5.74) is -0.000766. The highest BCUT2D eigenvalue weighted by Crippen LogP contribution is 2.19. The summed E-state index contributed by atoms with van der Waals surface area (Å²) >= 11 is 11.6. The van der Waals surface area contributed by atoms with Crippen LogP contribution in [0.2, 0.25) is 10.2 Å². The van der Waals surface area contributed by atoms with Crippen molar-refractivity contribution in [2.24, 2.45) is 0 Å². The number of nitrogens with one attached hydrogen (secondary N) is 1. The molecule has 5 nitrogen and oxygen atoms in total. The number of carbonyl (C=O) groups is 1. The number of rotatable bonds is 4. The van der Waals surface area contributed by atoms with Gasteiger partial charge in [-0.3, -0.25) is 4.79 Å². The molecule has 0 aliphatic heterocycles. The zero-order valence-electron chi connectivity index (χ0n) is 9.64. The number of aromatic nitrogens is 1. The van der Waals surface area contributed by atoms with Crippen LogP contribution in [0, 0.1) is 0 Å². The molecule has 2 aromatic heterocycles. The topological polar surface area (TPSA) is 75.4 Å². The second-order valence-electron chi connectivity index (χ2n) is 3.69. The highest BCUT2D eigenvalue weighted by molar-refractivity contribution is 6.34. The summed E-state index contributed by atoms with van der Waals surface area (Å²) < 4.78 is 5.12. The minimum absolute atomic E-state index is 0.000766. The summed E-state index contributed by atoms with van der Waals surface area (Å²) in [7, 11) is 0. The normalized spacial score (nSPS) is 12.2. The van der Waals surface area contributed by atoms with Gasteiger partial charge in [-0.1, -0.05) is 23.2 Å². The minimum Gasteiger partial charge on any atom is -0.467 e. The standard InChI is InChI=1S/C12H10Cl2N2O3/c13-7-3-4-10(14)16-11(7)12(18)15-8(6-17)9-2-1-5-19-9/h1-5,8,17H,6H2,(H,15,18). The molecule has 0 radical (unpaired) electrons. The van der Waals surface area contributed by atoms with E-state index in [2.05, 4.69) is 10.3 Å². The number of pyridine rings is 1. The van der Waals surface area contributed by atoms with Crippen molar-refractivity contribution >= 4 is 29.1 Å². The van der Waals surface area contributed by atoms with Crippen LogP contribution < -0.4 is 5.32 Å². The predicted octanol–water partition coefficient (Wildman–Crippen LogP) is 2.44. The van der Waals surface area contributed by atoms with Gasteiger partial charge in [0.25, 0.3) is 5.91 Å².